The molecule has 2 rings (SSSR count). The van der Waals surface area contributed by atoms with Crippen LogP contribution >= 0.6 is 0 Å². The fourth-order valence-corrected chi connectivity index (χ4v) is 2.69. The summed E-state index contributed by atoms with van der Waals surface area (Å²) in [5, 5.41) is 20.2. The minimum absolute atomic E-state index is 0.206. The van der Waals surface area contributed by atoms with Crippen LogP contribution < -0.4 is 0 Å². The first-order chi connectivity index (χ1) is 11.0. The van der Waals surface area contributed by atoms with Crippen molar-refractivity contribution in [3.63, 3.8) is 0 Å². The molecular weight excluding hydrogens is 300 g/mol. The maximum absolute atomic E-state index is 10.8. The van der Waals surface area contributed by atoms with E-state index in [0.717, 1.165) is 16.7 Å². The van der Waals surface area contributed by atoms with Gasteiger partial charge in [0.25, 0.3) is 0 Å². The topological polar surface area (TPSA) is 65.6 Å². The zero-order chi connectivity index (χ0) is 18.1. The lowest BCUT2D eigenvalue weighted by molar-refractivity contribution is 0.348. The molecule has 1 aliphatic heterocycles. The number of nitriles is 1. The Bertz CT molecular complexity index is 703. The second-order valence-electron chi connectivity index (χ2n) is 8.17. The van der Waals surface area contributed by atoms with Crippen molar-refractivity contribution in [2.45, 2.75) is 52.4 Å². The highest BCUT2D eigenvalue weighted by molar-refractivity contribution is 6.02. The lowest BCUT2D eigenvalue weighted by Gasteiger charge is -2.28. The summed E-state index contributed by atoms with van der Waals surface area (Å²) in [6.45, 7) is 13.5. The summed E-state index contributed by atoms with van der Waals surface area (Å²) >= 11 is 0. The third-order valence-corrected chi connectivity index (χ3v) is 4.00. The Morgan fingerprint density at radius 1 is 1.17 bits per heavy atom. The summed E-state index contributed by atoms with van der Waals surface area (Å²) in [5.41, 5.74) is 2.61. The van der Waals surface area contributed by atoms with Gasteiger partial charge in [-0.3, -0.25) is 0 Å². The van der Waals surface area contributed by atoms with E-state index in [2.05, 4.69) is 52.6 Å². The standard InChI is InChI=1S/C20H26N2O2/c1-19(2,3)15-10-13(11-16(17(15)23)20(4,5)6)9-14(12-21)18-22-7-8-24-18/h9-11,23H,7-8H2,1-6H3/b14-9+. The minimum Gasteiger partial charge on any atom is -0.507 e. The van der Waals surface area contributed by atoms with Crippen molar-refractivity contribution in [2.75, 3.05) is 13.2 Å². The van der Waals surface area contributed by atoms with Crippen molar-refractivity contribution >= 4 is 12.0 Å². The maximum Gasteiger partial charge on any atom is 0.227 e. The van der Waals surface area contributed by atoms with Crippen LogP contribution in [0, 0.1) is 11.3 Å². The van der Waals surface area contributed by atoms with Crippen molar-refractivity contribution in [3.8, 4) is 11.8 Å². The van der Waals surface area contributed by atoms with E-state index in [0.29, 0.717) is 30.4 Å². The van der Waals surface area contributed by atoms with E-state index >= 15 is 0 Å². The maximum atomic E-state index is 10.8. The van der Waals surface area contributed by atoms with E-state index < -0.39 is 0 Å². The quantitative estimate of drug-likeness (QED) is 0.823. The molecule has 0 atom stereocenters. The predicted molar refractivity (Wildman–Crippen MR) is 97.4 cm³/mol. The number of benzene rings is 1. The lowest BCUT2D eigenvalue weighted by atomic mass is 9.78. The normalized spacial score (nSPS) is 15.7. The lowest BCUT2D eigenvalue weighted by Crippen LogP contribution is -2.17. The summed E-state index contributed by atoms with van der Waals surface area (Å²) in [4.78, 5) is 4.22. The molecule has 0 saturated carbocycles. The third kappa shape index (κ3) is 3.79. The molecule has 0 spiro atoms. The van der Waals surface area contributed by atoms with E-state index in [1.54, 1.807) is 6.08 Å². The highest BCUT2D eigenvalue weighted by atomic mass is 16.5. The zero-order valence-corrected chi connectivity index (χ0v) is 15.4. The molecule has 0 radical (unpaired) electrons. The molecule has 1 N–H and O–H groups in total. The molecule has 1 aromatic carbocycles. The third-order valence-electron chi connectivity index (χ3n) is 4.00. The van der Waals surface area contributed by atoms with Crippen LogP contribution in [0.25, 0.3) is 6.08 Å². The number of phenols is 1. The molecule has 4 heteroatoms. The number of ether oxygens (including phenoxy) is 1. The molecule has 1 heterocycles. The van der Waals surface area contributed by atoms with Crippen LogP contribution in [-0.2, 0) is 15.6 Å². The van der Waals surface area contributed by atoms with E-state index in [9.17, 15) is 10.4 Å². The number of phenolic OH excluding ortho intramolecular Hbond substituents is 1. The van der Waals surface area contributed by atoms with Crippen LogP contribution in [0.3, 0.4) is 0 Å². The molecule has 1 aliphatic rings. The molecule has 4 nitrogen and oxygen atoms in total. The summed E-state index contributed by atoms with van der Waals surface area (Å²) in [7, 11) is 0. The molecule has 0 aromatic heterocycles. The molecule has 0 unspecified atom stereocenters. The van der Waals surface area contributed by atoms with Gasteiger partial charge in [-0.2, -0.15) is 5.26 Å². The Balaban J connectivity index is 2.64. The zero-order valence-electron chi connectivity index (χ0n) is 15.4. The van der Waals surface area contributed by atoms with Crippen LogP contribution in [0.4, 0.5) is 0 Å². The van der Waals surface area contributed by atoms with Gasteiger partial charge in [-0.1, -0.05) is 41.5 Å². The van der Waals surface area contributed by atoms with Gasteiger partial charge in [0.1, 0.15) is 24.0 Å². The first-order valence-electron chi connectivity index (χ1n) is 8.21. The fourth-order valence-electron chi connectivity index (χ4n) is 2.69. The summed E-state index contributed by atoms with van der Waals surface area (Å²) < 4.78 is 5.41. The molecule has 0 bridgehead atoms. The minimum atomic E-state index is -0.206. The molecule has 1 aromatic rings. The van der Waals surface area contributed by atoms with Crippen LogP contribution in [0.2, 0.25) is 0 Å². The molecule has 0 saturated heterocycles. The highest BCUT2D eigenvalue weighted by Crippen LogP contribution is 2.40. The van der Waals surface area contributed by atoms with Gasteiger partial charge in [-0.15, -0.1) is 0 Å². The highest BCUT2D eigenvalue weighted by Gasteiger charge is 2.26. The Morgan fingerprint density at radius 2 is 1.71 bits per heavy atom. The largest absolute Gasteiger partial charge is 0.507 e. The van der Waals surface area contributed by atoms with E-state index in [4.69, 9.17) is 4.74 Å². The number of nitrogens with zero attached hydrogens (tertiary/aromatic N) is 2. The number of hydrogen-bond donors (Lipinski definition) is 1. The molecular formula is C20H26N2O2. The second kappa shape index (κ2) is 6.32. The van der Waals surface area contributed by atoms with E-state index in [1.165, 1.54) is 0 Å². The molecule has 0 amide bonds. The Kier molecular flexibility index (Phi) is 4.75. The van der Waals surface area contributed by atoms with E-state index in [-0.39, 0.29) is 10.8 Å². The summed E-state index contributed by atoms with van der Waals surface area (Å²) in [6, 6.07) is 6.05. The van der Waals surface area contributed by atoms with Gasteiger partial charge in [0.2, 0.25) is 5.90 Å². The average Bonchev–Trinajstić information content (AvgIpc) is 2.97. The molecule has 128 valence electrons. The van der Waals surface area contributed by atoms with Crippen LogP contribution in [0.15, 0.2) is 22.7 Å². The Hall–Kier alpha value is -2.28. The Labute approximate surface area is 144 Å². The smallest absolute Gasteiger partial charge is 0.227 e. The van der Waals surface area contributed by atoms with Crippen molar-refractivity contribution in [3.05, 3.63) is 34.4 Å². The van der Waals surface area contributed by atoms with E-state index in [1.807, 2.05) is 12.1 Å². The van der Waals surface area contributed by atoms with Gasteiger partial charge < -0.3 is 9.84 Å². The van der Waals surface area contributed by atoms with Gasteiger partial charge in [-0.25, -0.2) is 4.99 Å². The van der Waals surface area contributed by atoms with Gasteiger partial charge in [0.05, 0.1) is 6.54 Å². The monoisotopic (exact) mass is 326 g/mol. The SMILES string of the molecule is CC(C)(C)c1cc(/C=C(\C#N)C2=NCCO2)cc(C(C)(C)C)c1O. The summed E-state index contributed by atoms with van der Waals surface area (Å²) in [5.74, 6) is 0.736. The van der Waals surface area contributed by atoms with Gasteiger partial charge in [0, 0.05) is 11.1 Å². The van der Waals surface area contributed by atoms with Crippen molar-refractivity contribution in [2.24, 2.45) is 4.99 Å². The number of rotatable bonds is 2. The summed E-state index contributed by atoms with van der Waals surface area (Å²) in [6.07, 6.45) is 1.79. The Morgan fingerprint density at radius 3 is 2.08 bits per heavy atom. The van der Waals surface area contributed by atoms with Crippen LogP contribution in [0.5, 0.6) is 5.75 Å². The average molecular weight is 326 g/mol. The first-order valence-corrected chi connectivity index (χ1v) is 8.21. The van der Waals surface area contributed by atoms with Crippen LogP contribution in [-0.4, -0.2) is 24.2 Å². The number of aromatic hydroxyl groups is 1. The molecule has 0 aliphatic carbocycles. The van der Waals surface area contributed by atoms with Gasteiger partial charge >= 0.3 is 0 Å². The molecule has 0 fully saturated rings. The van der Waals surface area contributed by atoms with Gasteiger partial charge in [-0.05, 0) is 34.6 Å². The van der Waals surface area contributed by atoms with Gasteiger partial charge in [0.15, 0.2) is 0 Å². The van der Waals surface area contributed by atoms with Crippen molar-refractivity contribution < 1.29 is 9.84 Å². The van der Waals surface area contributed by atoms with Crippen molar-refractivity contribution in [1.29, 1.82) is 5.26 Å². The number of aliphatic imine (C=N–C) groups is 1. The molecule has 24 heavy (non-hydrogen) atoms. The number of hydrogen-bond acceptors (Lipinski definition) is 4. The second-order valence-corrected chi connectivity index (χ2v) is 8.17. The first kappa shape index (κ1) is 18.1. The van der Waals surface area contributed by atoms with Crippen LogP contribution in [0.1, 0.15) is 58.2 Å². The van der Waals surface area contributed by atoms with Crippen molar-refractivity contribution in [1.82, 2.24) is 0 Å². The fraction of sp³-hybridized carbons (Fsp3) is 0.500. The predicted octanol–water partition coefficient (Wildman–Crippen LogP) is 4.32.